The number of rotatable bonds is 2. The van der Waals surface area contributed by atoms with Crippen molar-refractivity contribution in [3.63, 3.8) is 0 Å². The normalized spacial score (nSPS) is 26.3. The van der Waals surface area contributed by atoms with Gasteiger partial charge >= 0.3 is 0 Å². The van der Waals surface area contributed by atoms with Crippen LogP contribution in [0.5, 0.6) is 5.75 Å². The molecule has 0 unspecified atom stereocenters. The molecule has 0 aromatic heterocycles. The third-order valence-corrected chi connectivity index (χ3v) is 3.23. The van der Waals surface area contributed by atoms with E-state index in [9.17, 15) is 5.11 Å². The van der Waals surface area contributed by atoms with Gasteiger partial charge in [-0.15, -0.1) is 0 Å². The molecule has 1 aliphatic rings. The van der Waals surface area contributed by atoms with Gasteiger partial charge in [-0.05, 0) is 42.9 Å². The second kappa shape index (κ2) is 4.67. The number of benzene rings is 1. The Morgan fingerprint density at radius 3 is 2.53 bits per heavy atom. The number of hydrogen-bond donors (Lipinski definition) is 1. The summed E-state index contributed by atoms with van der Waals surface area (Å²) >= 11 is 0. The lowest BCUT2D eigenvalue weighted by Crippen LogP contribution is -2.18. The van der Waals surface area contributed by atoms with E-state index in [-0.39, 0.29) is 6.10 Å². The molecule has 2 atom stereocenters. The molecule has 0 spiro atoms. The molecule has 0 heterocycles. The van der Waals surface area contributed by atoms with Gasteiger partial charge in [0.25, 0.3) is 0 Å². The summed E-state index contributed by atoms with van der Waals surface area (Å²) in [6.07, 6.45) is 4.10. The van der Waals surface area contributed by atoms with Crippen LogP contribution in [0.15, 0.2) is 24.3 Å². The fraction of sp³-hybridized carbons (Fsp3) is 0.538. The van der Waals surface area contributed by atoms with Crippen LogP contribution < -0.4 is 4.74 Å². The van der Waals surface area contributed by atoms with Crippen molar-refractivity contribution in [1.82, 2.24) is 0 Å². The van der Waals surface area contributed by atoms with Crippen LogP contribution in [0.4, 0.5) is 0 Å². The zero-order valence-corrected chi connectivity index (χ0v) is 9.15. The molecule has 0 saturated heterocycles. The maximum absolute atomic E-state index is 9.62. The predicted molar refractivity (Wildman–Crippen MR) is 60.2 cm³/mol. The topological polar surface area (TPSA) is 29.5 Å². The first-order valence-electron chi connectivity index (χ1n) is 5.61. The lowest BCUT2D eigenvalue weighted by atomic mass is 9.82. The Hall–Kier alpha value is -1.02. The van der Waals surface area contributed by atoms with Crippen LogP contribution in [-0.4, -0.2) is 18.3 Å². The highest BCUT2D eigenvalue weighted by Gasteiger charge is 2.21. The number of ether oxygens (including phenoxy) is 1. The smallest absolute Gasteiger partial charge is 0.118 e. The highest BCUT2D eigenvalue weighted by atomic mass is 16.5. The maximum Gasteiger partial charge on any atom is 0.118 e. The SMILES string of the molecule is COc1ccc([C@H]2CCC[C@@H](O)C2)cc1. The highest BCUT2D eigenvalue weighted by molar-refractivity contribution is 5.29. The van der Waals surface area contributed by atoms with E-state index in [0.717, 1.165) is 25.0 Å². The minimum Gasteiger partial charge on any atom is -0.497 e. The van der Waals surface area contributed by atoms with Crippen molar-refractivity contribution in [1.29, 1.82) is 0 Å². The van der Waals surface area contributed by atoms with E-state index in [2.05, 4.69) is 12.1 Å². The second-order valence-electron chi connectivity index (χ2n) is 4.29. The standard InChI is InChI=1S/C13H18O2/c1-15-13-7-5-10(6-8-13)11-3-2-4-12(14)9-11/h5-8,11-12,14H,2-4,9H2,1H3/t11-,12+/m0/s1. The summed E-state index contributed by atoms with van der Waals surface area (Å²) < 4.78 is 5.13. The van der Waals surface area contributed by atoms with Crippen LogP contribution in [0.3, 0.4) is 0 Å². The Morgan fingerprint density at radius 1 is 1.20 bits per heavy atom. The molecular weight excluding hydrogens is 188 g/mol. The molecule has 0 radical (unpaired) electrons. The van der Waals surface area contributed by atoms with Crippen molar-refractivity contribution < 1.29 is 9.84 Å². The lowest BCUT2D eigenvalue weighted by molar-refractivity contribution is 0.119. The van der Waals surface area contributed by atoms with Crippen LogP contribution >= 0.6 is 0 Å². The van der Waals surface area contributed by atoms with E-state index < -0.39 is 0 Å². The maximum atomic E-state index is 9.62. The van der Waals surface area contributed by atoms with Crippen LogP contribution in [0.25, 0.3) is 0 Å². The first-order chi connectivity index (χ1) is 7.29. The van der Waals surface area contributed by atoms with Crippen molar-refractivity contribution in [3.8, 4) is 5.75 Å². The Kier molecular flexibility index (Phi) is 3.27. The number of methoxy groups -OCH3 is 1. The average molecular weight is 206 g/mol. The molecule has 1 aromatic rings. The molecule has 1 saturated carbocycles. The molecule has 15 heavy (non-hydrogen) atoms. The average Bonchev–Trinajstić information content (AvgIpc) is 2.29. The molecule has 1 N–H and O–H groups in total. The van der Waals surface area contributed by atoms with E-state index in [1.807, 2.05) is 12.1 Å². The fourth-order valence-corrected chi connectivity index (χ4v) is 2.34. The predicted octanol–water partition coefficient (Wildman–Crippen LogP) is 2.71. The summed E-state index contributed by atoms with van der Waals surface area (Å²) in [6.45, 7) is 0. The number of aliphatic hydroxyl groups excluding tert-OH is 1. The third-order valence-electron chi connectivity index (χ3n) is 3.23. The molecular formula is C13H18O2. The van der Waals surface area contributed by atoms with Gasteiger partial charge in [0.15, 0.2) is 0 Å². The van der Waals surface area contributed by atoms with Gasteiger partial charge in [0.1, 0.15) is 5.75 Å². The summed E-state index contributed by atoms with van der Waals surface area (Å²) in [6, 6.07) is 8.22. The fourth-order valence-electron chi connectivity index (χ4n) is 2.34. The zero-order valence-electron chi connectivity index (χ0n) is 9.15. The van der Waals surface area contributed by atoms with Crippen LogP contribution in [-0.2, 0) is 0 Å². The molecule has 2 heteroatoms. The number of hydrogen-bond acceptors (Lipinski definition) is 2. The van der Waals surface area contributed by atoms with Gasteiger partial charge in [0.05, 0.1) is 13.2 Å². The molecule has 0 bridgehead atoms. The van der Waals surface area contributed by atoms with Crippen molar-refractivity contribution >= 4 is 0 Å². The molecule has 2 rings (SSSR count). The minimum atomic E-state index is -0.106. The Morgan fingerprint density at radius 2 is 1.93 bits per heavy atom. The first kappa shape index (κ1) is 10.5. The van der Waals surface area contributed by atoms with Gasteiger partial charge in [0, 0.05) is 0 Å². The van der Waals surface area contributed by atoms with Gasteiger partial charge in [-0.1, -0.05) is 18.6 Å². The largest absolute Gasteiger partial charge is 0.497 e. The quantitative estimate of drug-likeness (QED) is 0.806. The van der Waals surface area contributed by atoms with E-state index in [0.29, 0.717) is 5.92 Å². The van der Waals surface area contributed by atoms with Crippen molar-refractivity contribution in [2.24, 2.45) is 0 Å². The summed E-state index contributed by atoms with van der Waals surface area (Å²) in [4.78, 5) is 0. The van der Waals surface area contributed by atoms with Crippen LogP contribution in [0, 0.1) is 0 Å². The minimum absolute atomic E-state index is 0.106. The van der Waals surface area contributed by atoms with Gasteiger partial charge < -0.3 is 9.84 Å². The molecule has 82 valence electrons. The molecule has 1 aromatic carbocycles. The van der Waals surface area contributed by atoms with E-state index in [1.54, 1.807) is 7.11 Å². The molecule has 1 fully saturated rings. The van der Waals surface area contributed by atoms with Crippen LogP contribution in [0.2, 0.25) is 0 Å². The first-order valence-corrected chi connectivity index (χ1v) is 5.61. The Labute approximate surface area is 90.9 Å². The van der Waals surface area contributed by atoms with Crippen molar-refractivity contribution in [2.75, 3.05) is 7.11 Å². The highest BCUT2D eigenvalue weighted by Crippen LogP contribution is 2.33. The van der Waals surface area contributed by atoms with Crippen LogP contribution in [0.1, 0.15) is 37.2 Å². The van der Waals surface area contributed by atoms with Gasteiger partial charge in [-0.25, -0.2) is 0 Å². The monoisotopic (exact) mass is 206 g/mol. The molecule has 0 amide bonds. The van der Waals surface area contributed by atoms with Gasteiger partial charge in [-0.2, -0.15) is 0 Å². The zero-order chi connectivity index (χ0) is 10.7. The summed E-state index contributed by atoms with van der Waals surface area (Å²) in [7, 11) is 1.68. The van der Waals surface area contributed by atoms with Gasteiger partial charge in [-0.3, -0.25) is 0 Å². The Balaban J connectivity index is 2.07. The molecule has 0 aliphatic heterocycles. The lowest BCUT2D eigenvalue weighted by Gasteiger charge is -2.26. The van der Waals surface area contributed by atoms with Crippen molar-refractivity contribution in [2.45, 2.75) is 37.7 Å². The van der Waals surface area contributed by atoms with Crippen molar-refractivity contribution in [3.05, 3.63) is 29.8 Å². The number of aliphatic hydroxyl groups is 1. The second-order valence-corrected chi connectivity index (χ2v) is 4.29. The van der Waals surface area contributed by atoms with Gasteiger partial charge in [0.2, 0.25) is 0 Å². The van der Waals surface area contributed by atoms with E-state index >= 15 is 0 Å². The molecule has 2 nitrogen and oxygen atoms in total. The Bertz CT molecular complexity index is 305. The van der Waals surface area contributed by atoms with E-state index in [4.69, 9.17) is 4.74 Å². The summed E-state index contributed by atoms with van der Waals surface area (Å²) in [5, 5.41) is 9.62. The third kappa shape index (κ3) is 2.51. The molecule has 1 aliphatic carbocycles. The van der Waals surface area contributed by atoms with E-state index in [1.165, 1.54) is 12.0 Å². The summed E-state index contributed by atoms with van der Waals surface area (Å²) in [5.41, 5.74) is 1.33. The summed E-state index contributed by atoms with van der Waals surface area (Å²) in [5.74, 6) is 1.43.